The Morgan fingerprint density at radius 3 is 2.94 bits per heavy atom. The third-order valence-corrected chi connectivity index (χ3v) is 3.61. The molecule has 0 fully saturated rings. The van der Waals surface area contributed by atoms with Gasteiger partial charge in [0.05, 0.1) is 0 Å². The normalized spacial score (nSPS) is 20.9. The van der Waals surface area contributed by atoms with Crippen molar-refractivity contribution in [2.45, 2.75) is 31.8 Å². The molecule has 1 aromatic carbocycles. The topological polar surface area (TPSA) is 35.5 Å². The standard InChI is InChI=1S/C13H20N2O/c1-9(14-2)7-10-8-11-12(15(10)3)5-4-6-13(11)16/h4-6,9-10,14,16H,7-8H2,1-3H3. The van der Waals surface area contributed by atoms with Crippen LogP contribution in [0.1, 0.15) is 18.9 Å². The summed E-state index contributed by atoms with van der Waals surface area (Å²) in [6, 6.07) is 6.76. The van der Waals surface area contributed by atoms with Gasteiger partial charge in [-0.25, -0.2) is 0 Å². The minimum Gasteiger partial charge on any atom is -0.508 e. The van der Waals surface area contributed by atoms with Gasteiger partial charge in [-0.1, -0.05) is 6.07 Å². The summed E-state index contributed by atoms with van der Waals surface area (Å²) in [5.41, 5.74) is 2.27. The van der Waals surface area contributed by atoms with Crippen LogP contribution < -0.4 is 10.2 Å². The lowest BCUT2D eigenvalue weighted by Crippen LogP contribution is -2.35. The molecule has 0 radical (unpaired) electrons. The predicted molar refractivity (Wildman–Crippen MR) is 67.1 cm³/mol. The van der Waals surface area contributed by atoms with E-state index in [2.05, 4.69) is 30.3 Å². The fourth-order valence-corrected chi connectivity index (χ4v) is 2.44. The van der Waals surface area contributed by atoms with Gasteiger partial charge in [-0.2, -0.15) is 0 Å². The Bertz CT molecular complexity index is 378. The summed E-state index contributed by atoms with van der Waals surface area (Å²) >= 11 is 0. The zero-order valence-electron chi connectivity index (χ0n) is 10.2. The molecule has 0 amide bonds. The van der Waals surface area contributed by atoms with E-state index in [1.54, 1.807) is 6.07 Å². The number of aromatic hydroxyl groups is 1. The van der Waals surface area contributed by atoms with Gasteiger partial charge in [0.1, 0.15) is 5.75 Å². The minimum absolute atomic E-state index is 0.434. The number of rotatable bonds is 3. The Kier molecular flexibility index (Phi) is 3.06. The lowest BCUT2D eigenvalue weighted by Gasteiger charge is -2.25. The summed E-state index contributed by atoms with van der Waals surface area (Å²) in [5.74, 6) is 0.434. The van der Waals surface area contributed by atoms with Crippen LogP contribution in [0.25, 0.3) is 0 Å². The van der Waals surface area contributed by atoms with Gasteiger partial charge >= 0.3 is 0 Å². The van der Waals surface area contributed by atoms with Crippen molar-refractivity contribution in [3.05, 3.63) is 23.8 Å². The third kappa shape index (κ3) is 1.87. The fraction of sp³-hybridized carbons (Fsp3) is 0.538. The van der Waals surface area contributed by atoms with Crippen LogP contribution in [0.2, 0.25) is 0 Å². The zero-order chi connectivity index (χ0) is 11.7. The molecule has 16 heavy (non-hydrogen) atoms. The summed E-state index contributed by atoms with van der Waals surface area (Å²) in [4.78, 5) is 2.28. The molecular weight excluding hydrogens is 200 g/mol. The Hall–Kier alpha value is -1.22. The number of hydrogen-bond donors (Lipinski definition) is 2. The van der Waals surface area contributed by atoms with E-state index in [1.165, 1.54) is 5.69 Å². The van der Waals surface area contributed by atoms with Crippen molar-refractivity contribution < 1.29 is 5.11 Å². The van der Waals surface area contributed by atoms with E-state index in [1.807, 2.05) is 13.1 Å². The Morgan fingerprint density at radius 1 is 1.56 bits per heavy atom. The Morgan fingerprint density at radius 2 is 2.31 bits per heavy atom. The number of anilines is 1. The van der Waals surface area contributed by atoms with Gasteiger partial charge in [0, 0.05) is 30.4 Å². The molecule has 2 unspecified atom stereocenters. The van der Waals surface area contributed by atoms with Gasteiger partial charge < -0.3 is 15.3 Å². The van der Waals surface area contributed by atoms with Crippen LogP contribution in [-0.2, 0) is 6.42 Å². The Balaban J connectivity index is 2.17. The molecule has 3 heteroatoms. The van der Waals surface area contributed by atoms with Crippen molar-refractivity contribution in [1.82, 2.24) is 5.32 Å². The molecule has 0 aromatic heterocycles. The van der Waals surface area contributed by atoms with E-state index in [0.29, 0.717) is 17.8 Å². The van der Waals surface area contributed by atoms with Crippen molar-refractivity contribution in [1.29, 1.82) is 0 Å². The third-order valence-electron chi connectivity index (χ3n) is 3.61. The molecule has 1 aliphatic heterocycles. The first kappa shape index (κ1) is 11.3. The van der Waals surface area contributed by atoms with Crippen LogP contribution in [0.4, 0.5) is 5.69 Å². The predicted octanol–water partition coefficient (Wildman–Crippen LogP) is 1.75. The van der Waals surface area contributed by atoms with Gasteiger partial charge in [-0.15, -0.1) is 0 Å². The average Bonchev–Trinajstić information content (AvgIpc) is 2.58. The first-order chi connectivity index (χ1) is 7.63. The molecule has 0 saturated carbocycles. The van der Waals surface area contributed by atoms with E-state index in [0.717, 1.165) is 18.4 Å². The number of likely N-dealkylation sites (N-methyl/N-ethyl adjacent to an activating group) is 1. The number of nitrogens with one attached hydrogen (secondary N) is 1. The zero-order valence-corrected chi connectivity index (χ0v) is 10.2. The maximum absolute atomic E-state index is 9.82. The highest BCUT2D eigenvalue weighted by atomic mass is 16.3. The van der Waals surface area contributed by atoms with E-state index >= 15 is 0 Å². The second kappa shape index (κ2) is 4.34. The number of hydrogen-bond acceptors (Lipinski definition) is 3. The molecule has 0 bridgehead atoms. The number of nitrogens with zero attached hydrogens (tertiary/aromatic N) is 1. The molecule has 1 heterocycles. The maximum Gasteiger partial charge on any atom is 0.120 e. The van der Waals surface area contributed by atoms with E-state index < -0.39 is 0 Å². The number of phenolic OH excluding ortho intramolecular Hbond substituents is 1. The van der Waals surface area contributed by atoms with Crippen molar-refractivity contribution in [2.24, 2.45) is 0 Å². The molecule has 1 aromatic rings. The second-order valence-electron chi connectivity index (χ2n) is 4.67. The van der Waals surface area contributed by atoms with Crippen molar-refractivity contribution in [3.8, 4) is 5.75 Å². The summed E-state index contributed by atoms with van der Waals surface area (Å²) in [7, 11) is 4.10. The molecule has 0 aliphatic carbocycles. The lowest BCUT2D eigenvalue weighted by molar-refractivity contribution is 0.461. The quantitative estimate of drug-likeness (QED) is 0.814. The molecule has 2 rings (SSSR count). The summed E-state index contributed by atoms with van der Waals surface area (Å²) in [6.07, 6.45) is 2.05. The van der Waals surface area contributed by atoms with Crippen molar-refractivity contribution >= 4 is 5.69 Å². The van der Waals surface area contributed by atoms with Gasteiger partial charge in [0.2, 0.25) is 0 Å². The Labute approximate surface area is 97.1 Å². The van der Waals surface area contributed by atoms with E-state index in [9.17, 15) is 5.11 Å². The monoisotopic (exact) mass is 220 g/mol. The van der Waals surface area contributed by atoms with Crippen LogP contribution in [0.5, 0.6) is 5.75 Å². The first-order valence-electron chi connectivity index (χ1n) is 5.84. The lowest BCUT2D eigenvalue weighted by atomic mass is 10.0. The number of phenols is 1. The van der Waals surface area contributed by atoms with E-state index in [4.69, 9.17) is 0 Å². The van der Waals surface area contributed by atoms with E-state index in [-0.39, 0.29) is 0 Å². The molecule has 88 valence electrons. The van der Waals surface area contributed by atoms with Crippen LogP contribution in [-0.4, -0.2) is 31.3 Å². The highest BCUT2D eigenvalue weighted by Gasteiger charge is 2.29. The molecule has 3 nitrogen and oxygen atoms in total. The van der Waals surface area contributed by atoms with Crippen LogP contribution in [0.15, 0.2) is 18.2 Å². The average molecular weight is 220 g/mol. The minimum atomic E-state index is 0.434. The van der Waals surface area contributed by atoms with Gasteiger partial charge in [0.15, 0.2) is 0 Å². The molecule has 0 saturated heterocycles. The second-order valence-corrected chi connectivity index (χ2v) is 4.67. The number of benzene rings is 1. The highest BCUT2D eigenvalue weighted by molar-refractivity contribution is 5.63. The van der Waals surface area contributed by atoms with Crippen molar-refractivity contribution in [3.63, 3.8) is 0 Å². The van der Waals surface area contributed by atoms with Gasteiger partial charge in [0.25, 0.3) is 0 Å². The highest BCUT2D eigenvalue weighted by Crippen LogP contribution is 2.37. The van der Waals surface area contributed by atoms with Gasteiger partial charge in [-0.3, -0.25) is 0 Å². The summed E-state index contributed by atoms with van der Waals surface area (Å²) in [5, 5.41) is 13.1. The molecule has 2 N–H and O–H groups in total. The summed E-state index contributed by atoms with van der Waals surface area (Å²) < 4.78 is 0. The van der Waals surface area contributed by atoms with Crippen LogP contribution >= 0.6 is 0 Å². The number of fused-ring (bicyclic) bond motifs is 1. The SMILES string of the molecule is CNC(C)CC1Cc2c(O)cccc2N1C. The molecule has 0 spiro atoms. The van der Waals surface area contributed by atoms with Crippen molar-refractivity contribution in [2.75, 3.05) is 19.0 Å². The molecular formula is C13H20N2O. The molecule has 1 aliphatic rings. The molecule has 2 atom stereocenters. The largest absolute Gasteiger partial charge is 0.508 e. The smallest absolute Gasteiger partial charge is 0.120 e. The van der Waals surface area contributed by atoms with Crippen LogP contribution in [0, 0.1) is 0 Å². The van der Waals surface area contributed by atoms with Gasteiger partial charge in [-0.05, 0) is 38.9 Å². The maximum atomic E-state index is 9.82. The van der Waals surface area contributed by atoms with Crippen LogP contribution in [0.3, 0.4) is 0 Å². The fourth-order valence-electron chi connectivity index (χ4n) is 2.44. The summed E-state index contributed by atoms with van der Waals surface area (Å²) in [6.45, 7) is 2.19. The first-order valence-corrected chi connectivity index (χ1v) is 5.84.